The molecule has 0 aromatic carbocycles. The molecule has 0 bridgehead atoms. The van der Waals surface area contributed by atoms with Crippen LogP contribution in [0.25, 0.3) is 0 Å². The number of ether oxygens (including phenoxy) is 1. The lowest BCUT2D eigenvalue weighted by molar-refractivity contribution is 0.210. The number of nitrogens with zero attached hydrogens (tertiary/aromatic N) is 3. The minimum Gasteiger partial charge on any atom is -0.383 e. The Morgan fingerprint density at radius 3 is 2.88 bits per heavy atom. The molecule has 96 valence electrons. The maximum atomic E-state index is 4.93. The van der Waals surface area contributed by atoms with Crippen molar-refractivity contribution < 1.29 is 4.74 Å². The fourth-order valence-electron chi connectivity index (χ4n) is 1.32. The Hall–Kier alpha value is -1.43. The number of methoxy groups -OCH3 is 1. The van der Waals surface area contributed by atoms with Gasteiger partial charge < -0.3 is 15.4 Å². The van der Waals surface area contributed by atoms with Gasteiger partial charge in [-0.15, -0.1) is 5.10 Å². The molecule has 0 amide bonds. The molecule has 0 spiro atoms. The van der Waals surface area contributed by atoms with Crippen LogP contribution in [0.4, 0.5) is 11.8 Å². The average Bonchev–Trinajstić information content (AvgIpc) is 2.36. The first-order chi connectivity index (χ1) is 8.36. The lowest BCUT2D eigenvalue weighted by atomic mass is 10.2. The number of aromatic nitrogens is 3. The van der Waals surface area contributed by atoms with E-state index < -0.39 is 0 Å². The van der Waals surface area contributed by atoms with E-state index in [1.165, 1.54) is 12.8 Å². The molecule has 2 N–H and O–H groups in total. The molecular formula is C11H21N5O. The molecule has 0 atom stereocenters. The highest BCUT2D eigenvalue weighted by molar-refractivity contribution is 5.36. The Morgan fingerprint density at radius 2 is 2.12 bits per heavy atom. The summed E-state index contributed by atoms with van der Waals surface area (Å²) in [6, 6.07) is 0. The van der Waals surface area contributed by atoms with Gasteiger partial charge in [-0.3, -0.25) is 0 Å². The van der Waals surface area contributed by atoms with Crippen LogP contribution >= 0.6 is 0 Å². The Morgan fingerprint density at radius 1 is 1.24 bits per heavy atom. The summed E-state index contributed by atoms with van der Waals surface area (Å²) in [7, 11) is 1.66. The van der Waals surface area contributed by atoms with Gasteiger partial charge in [0.1, 0.15) is 5.82 Å². The smallest absolute Gasteiger partial charge is 0.244 e. The van der Waals surface area contributed by atoms with Crippen LogP contribution in [0, 0.1) is 0 Å². The van der Waals surface area contributed by atoms with E-state index in [2.05, 4.69) is 32.7 Å². The molecule has 0 saturated heterocycles. The van der Waals surface area contributed by atoms with Crippen molar-refractivity contribution in [2.45, 2.75) is 26.2 Å². The van der Waals surface area contributed by atoms with E-state index in [1.54, 1.807) is 13.3 Å². The second-order valence-corrected chi connectivity index (χ2v) is 3.72. The van der Waals surface area contributed by atoms with Crippen molar-refractivity contribution in [1.29, 1.82) is 0 Å². The number of hydrogen-bond acceptors (Lipinski definition) is 6. The summed E-state index contributed by atoms with van der Waals surface area (Å²) in [6.07, 6.45) is 5.22. The largest absolute Gasteiger partial charge is 0.383 e. The second kappa shape index (κ2) is 8.69. The molecule has 6 heteroatoms. The van der Waals surface area contributed by atoms with E-state index in [0.29, 0.717) is 19.1 Å². The second-order valence-electron chi connectivity index (χ2n) is 3.72. The van der Waals surface area contributed by atoms with Crippen molar-refractivity contribution in [3.8, 4) is 0 Å². The molecule has 1 aromatic rings. The molecule has 17 heavy (non-hydrogen) atoms. The van der Waals surface area contributed by atoms with Crippen LogP contribution in [-0.2, 0) is 4.74 Å². The molecule has 0 fully saturated rings. The fraction of sp³-hybridized carbons (Fsp3) is 0.727. The molecule has 0 aliphatic heterocycles. The third-order valence-corrected chi connectivity index (χ3v) is 2.23. The number of unbranched alkanes of at least 4 members (excludes halogenated alkanes) is 2. The Balaban J connectivity index is 2.31. The molecule has 0 unspecified atom stereocenters. The number of nitrogens with one attached hydrogen (secondary N) is 2. The average molecular weight is 239 g/mol. The van der Waals surface area contributed by atoms with Gasteiger partial charge in [0.15, 0.2) is 0 Å². The first-order valence-corrected chi connectivity index (χ1v) is 6.03. The van der Waals surface area contributed by atoms with Crippen LogP contribution in [0.2, 0.25) is 0 Å². The molecule has 0 radical (unpaired) electrons. The molecule has 0 aliphatic carbocycles. The van der Waals surface area contributed by atoms with Gasteiger partial charge in [-0.2, -0.15) is 10.1 Å². The van der Waals surface area contributed by atoms with Gasteiger partial charge >= 0.3 is 0 Å². The zero-order valence-corrected chi connectivity index (χ0v) is 10.6. The normalized spacial score (nSPS) is 10.2. The van der Waals surface area contributed by atoms with Crippen LogP contribution < -0.4 is 10.6 Å². The first-order valence-electron chi connectivity index (χ1n) is 6.03. The Kier molecular flexibility index (Phi) is 6.97. The van der Waals surface area contributed by atoms with E-state index in [0.717, 1.165) is 18.8 Å². The highest BCUT2D eigenvalue weighted by Crippen LogP contribution is 2.04. The van der Waals surface area contributed by atoms with E-state index in [4.69, 9.17) is 4.74 Å². The van der Waals surface area contributed by atoms with E-state index >= 15 is 0 Å². The van der Waals surface area contributed by atoms with Crippen molar-refractivity contribution in [2.75, 3.05) is 37.4 Å². The lowest BCUT2D eigenvalue weighted by Crippen LogP contribution is -2.12. The number of anilines is 2. The highest BCUT2D eigenvalue weighted by Gasteiger charge is 1.99. The monoisotopic (exact) mass is 239 g/mol. The lowest BCUT2D eigenvalue weighted by Gasteiger charge is -2.06. The standard InChI is InChI=1S/C11H21N5O/c1-3-4-5-6-12-10-9-14-16-11(15-10)13-7-8-17-2/h9H,3-8H2,1-2H3,(H2,12,13,15,16). The molecule has 1 aromatic heterocycles. The maximum Gasteiger partial charge on any atom is 0.244 e. The minimum absolute atomic E-state index is 0.530. The van der Waals surface area contributed by atoms with Gasteiger partial charge in [-0.05, 0) is 6.42 Å². The summed E-state index contributed by atoms with van der Waals surface area (Å²) < 4.78 is 4.93. The zero-order valence-electron chi connectivity index (χ0n) is 10.6. The predicted molar refractivity (Wildman–Crippen MR) is 68.2 cm³/mol. The Labute approximate surface area is 102 Å². The minimum atomic E-state index is 0.530. The summed E-state index contributed by atoms with van der Waals surface area (Å²) in [6.45, 7) is 4.41. The zero-order chi connectivity index (χ0) is 12.3. The molecule has 0 aliphatic rings. The topological polar surface area (TPSA) is 72.0 Å². The SMILES string of the molecule is CCCCCNc1cnnc(NCCOC)n1. The van der Waals surface area contributed by atoms with Crippen LogP contribution in [0.5, 0.6) is 0 Å². The molecule has 1 rings (SSSR count). The van der Waals surface area contributed by atoms with Gasteiger partial charge in [0.05, 0.1) is 12.8 Å². The van der Waals surface area contributed by atoms with Crippen molar-refractivity contribution in [2.24, 2.45) is 0 Å². The third-order valence-electron chi connectivity index (χ3n) is 2.23. The van der Waals surface area contributed by atoms with Gasteiger partial charge in [0.25, 0.3) is 0 Å². The molecule has 1 heterocycles. The molecule has 6 nitrogen and oxygen atoms in total. The van der Waals surface area contributed by atoms with Gasteiger partial charge in [0, 0.05) is 20.2 Å². The number of rotatable bonds is 9. The number of hydrogen-bond donors (Lipinski definition) is 2. The van der Waals surface area contributed by atoms with Crippen LogP contribution in [0.3, 0.4) is 0 Å². The summed E-state index contributed by atoms with van der Waals surface area (Å²) in [5.74, 6) is 1.29. The fourth-order valence-corrected chi connectivity index (χ4v) is 1.32. The molecular weight excluding hydrogens is 218 g/mol. The maximum absolute atomic E-state index is 4.93. The quantitative estimate of drug-likeness (QED) is 0.637. The van der Waals surface area contributed by atoms with Gasteiger partial charge in [-0.1, -0.05) is 19.8 Å². The summed E-state index contributed by atoms with van der Waals surface area (Å²) in [4.78, 5) is 4.29. The van der Waals surface area contributed by atoms with Gasteiger partial charge in [0.2, 0.25) is 5.95 Å². The van der Waals surface area contributed by atoms with Gasteiger partial charge in [-0.25, -0.2) is 0 Å². The van der Waals surface area contributed by atoms with Crippen molar-refractivity contribution in [3.63, 3.8) is 0 Å². The van der Waals surface area contributed by atoms with E-state index in [-0.39, 0.29) is 0 Å². The third kappa shape index (κ3) is 6.01. The van der Waals surface area contributed by atoms with Crippen molar-refractivity contribution in [3.05, 3.63) is 6.20 Å². The van der Waals surface area contributed by atoms with Crippen molar-refractivity contribution >= 4 is 11.8 Å². The van der Waals surface area contributed by atoms with Crippen LogP contribution in [0.1, 0.15) is 26.2 Å². The van der Waals surface area contributed by atoms with E-state index in [9.17, 15) is 0 Å². The summed E-state index contributed by atoms with van der Waals surface area (Å²) in [5, 5.41) is 14.0. The van der Waals surface area contributed by atoms with Crippen molar-refractivity contribution in [1.82, 2.24) is 15.2 Å². The summed E-state index contributed by atoms with van der Waals surface area (Å²) >= 11 is 0. The Bertz CT molecular complexity index is 308. The van der Waals surface area contributed by atoms with Crippen LogP contribution in [-0.4, -0.2) is 42.0 Å². The van der Waals surface area contributed by atoms with E-state index in [1.807, 2.05) is 0 Å². The highest BCUT2D eigenvalue weighted by atomic mass is 16.5. The summed E-state index contributed by atoms with van der Waals surface area (Å²) in [5.41, 5.74) is 0. The first kappa shape index (κ1) is 13.6. The molecule has 0 saturated carbocycles. The van der Waals surface area contributed by atoms with Crippen LogP contribution in [0.15, 0.2) is 6.20 Å². The predicted octanol–water partition coefficient (Wildman–Crippen LogP) is 1.53.